The predicted octanol–water partition coefficient (Wildman–Crippen LogP) is 0.590. The molecule has 6 heteroatoms. The summed E-state index contributed by atoms with van der Waals surface area (Å²) < 4.78 is 26.9. The summed E-state index contributed by atoms with van der Waals surface area (Å²) in [5.41, 5.74) is 0.309. The first-order chi connectivity index (χ1) is 7.48. The molecule has 0 bridgehead atoms. The van der Waals surface area contributed by atoms with Gasteiger partial charge in [0.1, 0.15) is 12.4 Å². The number of carbonyl (C=O) groups is 1. The number of aliphatic hydroxyl groups is 1. The van der Waals surface area contributed by atoms with E-state index in [1.807, 2.05) is 0 Å². The highest BCUT2D eigenvalue weighted by molar-refractivity contribution is 7.87. The van der Waals surface area contributed by atoms with Crippen molar-refractivity contribution in [1.82, 2.24) is 0 Å². The first kappa shape index (κ1) is 12.7. The van der Waals surface area contributed by atoms with Gasteiger partial charge in [0.2, 0.25) is 0 Å². The SMILES string of the molecule is CCS(=O)(=O)Oc1ccc(C(=O)CO)cc1. The fourth-order valence-electron chi connectivity index (χ4n) is 0.993. The number of Topliss-reactive ketones (excluding diaryl/α,β-unsaturated/α-hetero) is 1. The van der Waals surface area contributed by atoms with Crippen LogP contribution in [0, 0.1) is 0 Å². The lowest BCUT2D eigenvalue weighted by atomic mass is 10.1. The zero-order chi connectivity index (χ0) is 12.2. The van der Waals surface area contributed by atoms with Crippen molar-refractivity contribution in [2.45, 2.75) is 6.92 Å². The highest BCUT2D eigenvalue weighted by Crippen LogP contribution is 2.14. The molecule has 0 atom stereocenters. The molecule has 1 aromatic carbocycles. The molecule has 0 aliphatic rings. The van der Waals surface area contributed by atoms with Gasteiger partial charge in [0.05, 0.1) is 5.75 Å². The van der Waals surface area contributed by atoms with E-state index in [4.69, 9.17) is 9.29 Å². The Kier molecular flexibility index (Phi) is 4.03. The van der Waals surface area contributed by atoms with E-state index in [1.165, 1.54) is 31.2 Å². The third-order valence-electron chi connectivity index (χ3n) is 1.90. The van der Waals surface area contributed by atoms with E-state index in [0.29, 0.717) is 5.56 Å². The summed E-state index contributed by atoms with van der Waals surface area (Å²) in [5.74, 6) is -0.397. The van der Waals surface area contributed by atoms with E-state index in [2.05, 4.69) is 0 Å². The summed E-state index contributed by atoms with van der Waals surface area (Å²) in [6.07, 6.45) is 0. The molecule has 0 unspecified atom stereocenters. The van der Waals surface area contributed by atoms with Crippen molar-refractivity contribution in [3.8, 4) is 5.75 Å². The summed E-state index contributed by atoms with van der Waals surface area (Å²) in [5, 5.41) is 8.61. The van der Waals surface area contributed by atoms with Crippen LogP contribution in [0.5, 0.6) is 5.75 Å². The second kappa shape index (κ2) is 5.09. The Morgan fingerprint density at radius 1 is 1.31 bits per heavy atom. The minimum absolute atomic E-state index is 0.121. The summed E-state index contributed by atoms with van der Waals surface area (Å²) in [7, 11) is -3.55. The topological polar surface area (TPSA) is 80.7 Å². The molecule has 16 heavy (non-hydrogen) atoms. The second-order valence-corrected chi connectivity index (χ2v) is 4.89. The Morgan fingerprint density at radius 3 is 2.31 bits per heavy atom. The van der Waals surface area contributed by atoms with Gasteiger partial charge in [0, 0.05) is 5.56 Å². The second-order valence-electron chi connectivity index (χ2n) is 3.04. The predicted molar refractivity (Wildman–Crippen MR) is 57.9 cm³/mol. The molecule has 88 valence electrons. The number of hydrogen-bond donors (Lipinski definition) is 1. The van der Waals surface area contributed by atoms with Gasteiger partial charge in [-0.05, 0) is 31.2 Å². The molecule has 0 radical (unpaired) electrons. The van der Waals surface area contributed by atoms with E-state index in [1.54, 1.807) is 0 Å². The van der Waals surface area contributed by atoms with Crippen molar-refractivity contribution in [3.63, 3.8) is 0 Å². The van der Waals surface area contributed by atoms with Crippen molar-refractivity contribution in [1.29, 1.82) is 0 Å². The van der Waals surface area contributed by atoms with Gasteiger partial charge in [-0.15, -0.1) is 0 Å². The molecular formula is C10H12O5S. The smallest absolute Gasteiger partial charge is 0.308 e. The largest absolute Gasteiger partial charge is 0.388 e. The molecule has 5 nitrogen and oxygen atoms in total. The monoisotopic (exact) mass is 244 g/mol. The Balaban J connectivity index is 2.84. The van der Waals surface area contributed by atoms with Crippen LogP contribution < -0.4 is 4.18 Å². The zero-order valence-electron chi connectivity index (χ0n) is 8.71. The van der Waals surface area contributed by atoms with Crippen LogP contribution in [-0.4, -0.2) is 31.7 Å². The van der Waals surface area contributed by atoms with Crippen molar-refractivity contribution in [3.05, 3.63) is 29.8 Å². The minimum atomic E-state index is -3.55. The van der Waals surface area contributed by atoms with Gasteiger partial charge in [-0.2, -0.15) is 8.42 Å². The van der Waals surface area contributed by atoms with Gasteiger partial charge in [-0.3, -0.25) is 4.79 Å². The number of hydrogen-bond acceptors (Lipinski definition) is 5. The summed E-state index contributed by atoms with van der Waals surface area (Å²) in [6.45, 7) is 0.895. The zero-order valence-corrected chi connectivity index (χ0v) is 9.53. The lowest BCUT2D eigenvalue weighted by molar-refractivity contribution is 0.0904. The van der Waals surface area contributed by atoms with Crippen molar-refractivity contribution in [2.75, 3.05) is 12.4 Å². The molecule has 0 aliphatic carbocycles. The lowest BCUT2D eigenvalue weighted by Crippen LogP contribution is -2.11. The summed E-state index contributed by atoms with van der Waals surface area (Å²) >= 11 is 0. The molecule has 1 N–H and O–H groups in total. The standard InChI is InChI=1S/C10H12O5S/c1-2-16(13,14)15-9-5-3-8(4-6-9)10(12)7-11/h3-6,11H,2,7H2,1H3. The average molecular weight is 244 g/mol. The Labute approximate surface area is 93.8 Å². The fraction of sp³-hybridized carbons (Fsp3) is 0.300. The van der Waals surface area contributed by atoms with E-state index >= 15 is 0 Å². The maximum Gasteiger partial charge on any atom is 0.308 e. The third-order valence-corrected chi connectivity index (χ3v) is 3.05. The maximum absolute atomic E-state index is 11.1. The first-order valence-corrected chi connectivity index (χ1v) is 6.22. The number of carbonyl (C=O) groups excluding carboxylic acids is 1. The van der Waals surface area contributed by atoms with Crippen LogP contribution in [-0.2, 0) is 10.1 Å². The third kappa shape index (κ3) is 3.32. The van der Waals surface area contributed by atoms with Gasteiger partial charge in [-0.1, -0.05) is 0 Å². The van der Waals surface area contributed by atoms with Crippen molar-refractivity contribution >= 4 is 15.9 Å². The number of ketones is 1. The van der Waals surface area contributed by atoms with Crippen LogP contribution in [0.4, 0.5) is 0 Å². The van der Waals surface area contributed by atoms with Crippen molar-refractivity contribution < 1.29 is 22.5 Å². The Hall–Kier alpha value is -1.40. The first-order valence-electron chi connectivity index (χ1n) is 4.65. The minimum Gasteiger partial charge on any atom is -0.388 e. The maximum atomic E-state index is 11.1. The highest BCUT2D eigenvalue weighted by Gasteiger charge is 2.10. The number of benzene rings is 1. The van der Waals surface area contributed by atoms with Crippen LogP contribution in [0.15, 0.2) is 24.3 Å². The molecule has 1 rings (SSSR count). The number of aliphatic hydroxyl groups excluding tert-OH is 1. The van der Waals surface area contributed by atoms with E-state index in [0.717, 1.165) is 0 Å². The van der Waals surface area contributed by atoms with Gasteiger partial charge in [0.15, 0.2) is 5.78 Å². The quantitative estimate of drug-likeness (QED) is 0.605. The molecular weight excluding hydrogens is 232 g/mol. The normalized spacial score (nSPS) is 11.1. The van der Waals surface area contributed by atoms with E-state index in [-0.39, 0.29) is 11.5 Å². The molecule has 0 amide bonds. The van der Waals surface area contributed by atoms with Crippen LogP contribution in [0.1, 0.15) is 17.3 Å². The van der Waals surface area contributed by atoms with Gasteiger partial charge in [0.25, 0.3) is 0 Å². The lowest BCUT2D eigenvalue weighted by Gasteiger charge is -2.05. The number of rotatable bonds is 5. The molecule has 0 spiro atoms. The van der Waals surface area contributed by atoms with Crippen LogP contribution in [0.3, 0.4) is 0 Å². The summed E-state index contributed by atoms with van der Waals surface area (Å²) in [4.78, 5) is 11.1. The van der Waals surface area contributed by atoms with Crippen LogP contribution >= 0.6 is 0 Å². The molecule has 0 saturated heterocycles. The molecule has 0 saturated carbocycles. The highest BCUT2D eigenvalue weighted by atomic mass is 32.2. The van der Waals surface area contributed by atoms with Crippen LogP contribution in [0.2, 0.25) is 0 Å². The van der Waals surface area contributed by atoms with E-state index < -0.39 is 22.5 Å². The van der Waals surface area contributed by atoms with Gasteiger partial charge < -0.3 is 9.29 Å². The molecule has 0 heterocycles. The molecule has 1 aromatic rings. The van der Waals surface area contributed by atoms with Crippen molar-refractivity contribution in [2.24, 2.45) is 0 Å². The molecule has 0 aromatic heterocycles. The average Bonchev–Trinajstić information content (AvgIpc) is 2.28. The van der Waals surface area contributed by atoms with Gasteiger partial charge in [-0.25, -0.2) is 0 Å². The summed E-state index contributed by atoms with van der Waals surface area (Å²) in [6, 6.07) is 5.55. The Bertz CT molecular complexity index is 460. The van der Waals surface area contributed by atoms with E-state index in [9.17, 15) is 13.2 Å². The molecule has 0 fully saturated rings. The Morgan fingerprint density at radius 2 is 1.88 bits per heavy atom. The van der Waals surface area contributed by atoms with Crippen LogP contribution in [0.25, 0.3) is 0 Å². The molecule has 0 aliphatic heterocycles. The fourth-order valence-corrected chi connectivity index (χ4v) is 1.52. The van der Waals surface area contributed by atoms with Gasteiger partial charge >= 0.3 is 10.1 Å².